The summed E-state index contributed by atoms with van der Waals surface area (Å²) >= 11 is 5.61. The highest BCUT2D eigenvalue weighted by Crippen LogP contribution is 2.19. The van der Waals surface area contributed by atoms with Crippen LogP contribution in [0.1, 0.15) is 16.1 Å². The Hall–Kier alpha value is -1.34. The Bertz CT molecular complexity index is 431. The molecule has 0 aliphatic carbocycles. The van der Waals surface area contributed by atoms with Crippen molar-refractivity contribution in [3.8, 4) is 0 Å². The quantitative estimate of drug-likeness (QED) is 0.830. The van der Waals surface area contributed by atoms with Crippen LogP contribution in [-0.4, -0.2) is 34.8 Å². The molecule has 1 amide bonds. The third-order valence-electron chi connectivity index (χ3n) is 2.02. The summed E-state index contributed by atoms with van der Waals surface area (Å²) in [6, 6.07) is 2.60. The fourth-order valence-electron chi connectivity index (χ4n) is 1.17. The number of nitrogens with one attached hydrogen (secondary N) is 1. The number of aliphatic hydroxyl groups excluding tert-OH is 1. The van der Waals surface area contributed by atoms with Gasteiger partial charge in [0.15, 0.2) is 6.10 Å². The van der Waals surface area contributed by atoms with Gasteiger partial charge in [0, 0.05) is 11.3 Å². The van der Waals surface area contributed by atoms with Crippen LogP contribution in [0.15, 0.2) is 12.1 Å². The fourth-order valence-corrected chi connectivity index (χ4v) is 1.42. The molecule has 0 saturated carbocycles. The van der Waals surface area contributed by atoms with Gasteiger partial charge >= 0.3 is 6.18 Å². The lowest BCUT2D eigenvalue weighted by Gasteiger charge is -2.15. The summed E-state index contributed by atoms with van der Waals surface area (Å²) in [6.07, 6.45) is -7.36. The van der Waals surface area contributed by atoms with E-state index in [1.54, 1.807) is 6.92 Å². The number of alkyl halides is 3. The Labute approximate surface area is 106 Å². The first kappa shape index (κ1) is 14.7. The van der Waals surface area contributed by atoms with Crippen LogP contribution < -0.4 is 5.32 Å². The molecular formula is C10H10ClF3N2O2. The molecule has 0 aliphatic heterocycles. The van der Waals surface area contributed by atoms with E-state index in [4.69, 9.17) is 16.7 Å². The number of carbonyl (C=O) groups excluding carboxylic acids is 1. The molecule has 0 bridgehead atoms. The van der Waals surface area contributed by atoms with E-state index < -0.39 is 24.7 Å². The fraction of sp³-hybridized carbons (Fsp3) is 0.400. The first-order chi connectivity index (χ1) is 8.20. The molecule has 1 heterocycles. The average molecular weight is 283 g/mol. The van der Waals surface area contributed by atoms with E-state index in [0.29, 0.717) is 5.69 Å². The van der Waals surface area contributed by atoms with Crippen molar-refractivity contribution in [2.45, 2.75) is 19.2 Å². The predicted molar refractivity (Wildman–Crippen MR) is 58.4 cm³/mol. The molecule has 0 radical (unpaired) electrons. The monoisotopic (exact) mass is 282 g/mol. The maximum Gasteiger partial charge on any atom is 0.416 e. The van der Waals surface area contributed by atoms with Crippen molar-refractivity contribution < 1.29 is 23.1 Å². The molecule has 1 aromatic heterocycles. The molecule has 18 heavy (non-hydrogen) atoms. The van der Waals surface area contributed by atoms with Crippen molar-refractivity contribution in [2.24, 2.45) is 0 Å². The zero-order valence-corrected chi connectivity index (χ0v) is 10.0. The molecule has 4 nitrogen and oxygen atoms in total. The number of amides is 1. The van der Waals surface area contributed by atoms with Gasteiger partial charge in [0.25, 0.3) is 5.91 Å². The second-order valence-corrected chi connectivity index (χ2v) is 3.97. The third-order valence-corrected chi connectivity index (χ3v) is 2.21. The standard InChI is InChI=1S/C10H10ClF3N2O2/c1-5-2-6(3-8(11)16-5)9(18)15-4-7(17)10(12,13)14/h2-3,7,17H,4H2,1H3,(H,15,18). The number of pyridine rings is 1. The lowest BCUT2D eigenvalue weighted by atomic mass is 10.2. The van der Waals surface area contributed by atoms with E-state index in [-0.39, 0.29) is 10.7 Å². The molecule has 1 aromatic rings. The van der Waals surface area contributed by atoms with Crippen molar-refractivity contribution in [1.29, 1.82) is 0 Å². The van der Waals surface area contributed by atoms with Crippen LogP contribution >= 0.6 is 11.6 Å². The number of carbonyl (C=O) groups is 1. The first-order valence-corrected chi connectivity index (χ1v) is 5.25. The number of rotatable bonds is 3. The van der Waals surface area contributed by atoms with Gasteiger partial charge < -0.3 is 10.4 Å². The summed E-state index contributed by atoms with van der Waals surface area (Å²) in [5.74, 6) is -0.759. The Morgan fingerprint density at radius 2 is 2.17 bits per heavy atom. The topological polar surface area (TPSA) is 62.2 Å². The summed E-state index contributed by atoms with van der Waals surface area (Å²) in [6.45, 7) is 0.675. The Morgan fingerprint density at radius 1 is 1.56 bits per heavy atom. The van der Waals surface area contributed by atoms with Gasteiger partial charge in [0.1, 0.15) is 5.15 Å². The number of aliphatic hydroxyl groups is 1. The minimum absolute atomic E-state index is 0.0662. The van der Waals surface area contributed by atoms with Crippen molar-refractivity contribution >= 4 is 17.5 Å². The molecule has 2 N–H and O–H groups in total. The minimum atomic E-state index is -4.76. The van der Waals surface area contributed by atoms with Gasteiger partial charge in [-0.05, 0) is 19.1 Å². The average Bonchev–Trinajstić information content (AvgIpc) is 2.22. The number of halogens is 4. The van der Waals surface area contributed by atoms with Gasteiger partial charge in [-0.3, -0.25) is 4.79 Å². The summed E-state index contributed by atoms with van der Waals surface area (Å²) in [4.78, 5) is 15.3. The summed E-state index contributed by atoms with van der Waals surface area (Å²) < 4.78 is 36.0. The molecule has 100 valence electrons. The molecule has 0 saturated heterocycles. The minimum Gasteiger partial charge on any atom is -0.382 e. The zero-order chi connectivity index (χ0) is 13.9. The van der Waals surface area contributed by atoms with Crippen LogP contribution in [0.25, 0.3) is 0 Å². The molecule has 0 aromatic carbocycles. The molecule has 1 atom stereocenters. The van der Waals surface area contributed by atoms with Crippen molar-refractivity contribution in [2.75, 3.05) is 6.54 Å². The Balaban J connectivity index is 2.66. The van der Waals surface area contributed by atoms with Crippen LogP contribution in [0.5, 0.6) is 0 Å². The highest BCUT2D eigenvalue weighted by molar-refractivity contribution is 6.29. The first-order valence-electron chi connectivity index (χ1n) is 4.87. The van der Waals surface area contributed by atoms with E-state index in [9.17, 15) is 18.0 Å². The van der Waals surface area contributed by atoms with Crippen LogP contribution in [0.3, 0.4) is 0 Å². The number of aromatic nitrogens is 1. The number of nitrogens with zero attached hydrogens (tertiary/aromatic N) is 1. The molecule has 1 unspecified atom stereocenters. The second kappa shape index (κ2) is 5.53. The number of hydrogen-bond acceptors (Lipinski definition) is 3. The van der Waals surface area contributed by atoms with Crippen LogP contribution in [-0.2, 0) is 0 Å². The summed E-state index contributed by atoms with van der Waals surface area (Å²) in [5.41, 5.74) is 0.547. The summed E-state index contributed by atoms with van der Waals surface area (Å²) in [7, 11) is 0. The van der Waals surface area contributed by atoms with Crippen LogP contribution in [0.2, 0.25) is 5.15 Å². The normalized spacial score (nSPS) is 13.2. The molecule has 0 fully saturated rings. The third kappa shape index (κ3) is 4.15. The lowest BCUT2D eigenvalue weighted by molar-refractivity contribution is -0.201. The van der Waals surface area contributed by atoms with Gasteiger partial charge in [-0.15, -0.1) is 0 Å². The van der Waals surface area contributed by atoms with E-state index in [0.717, 1.165) is 0 Å². The van der Waals surface area contributed by atoms with Gasteiger partial charge in [0.05, 0.1) is 6.54 Å². The van der Waals surface area contributed by atoms with Gasteiger partial charge in [0.2, 0.25) is 0 Å². The highest BCUT2D eigenvalue weighted by atomic mass is 35.5. The Kier molecular flexibility index (Phi) is 4.53. The Morgan fingerprint density at radius 3 is 2.67 bits per heavy atom. The van der Waals surface area contributed by atoms with Crippen molar-refractivity contribution in [3.05, 3.63) is 28.5 Å². The van der Waals surface area contributed by atoms with Crippen LogP contribution in [0, 0.1) is 6.92 Å². The van der Waals surface area contributed by atoms with Crippen molar-refractivity contribution in [3.63, 3.8) is 0 Å². The van der Waals surface area contributed by atoms with E-state index >= 15 is 0 Å². The lowest BCUT2D eigenvalue weighted by Crippen LogP contribution is -2.40. The van der Waals surface area contributed by atoms with Crippen molar-refractivity contribution in [1.82, 2.24) is 10.3 Å². The molecule has 0 spiro atoms. The van der Waals surface area contributed by atoms with Crippen LogP contribution in [0.4, 0.5) is 13.2 Å². The smallest absolute Gasteiger partial charge is 0.382 e. The zero-order valence-electron chi connectivity index (χ0n) is 9.25. The van der Waals surface area contributed by atoms with E-state index in [2.05, 4.69) is 4.98 Å². The van der Waals surface area contributed by atoms with Gasteiger partial charge in [-0.2, -0.15) is 13.2 Å². The second-order valence-electron chi connectivity index (χ2n) is 3.59. The van der Waals surface area contributed by atoms with E-state index in [1.807, 2.05) is 5.32 Å². The number of hydrogen-bond donors (Lipinski definition) is 2. The predicted octanol–water partition coefficient (Wildman–Crippen LogP) is 1.70. The summed E-state index contributed by atoms with van der Waals surface area (Å²) in [5, 5.41) is 10.7. The SMILES string of the molecule is Cc1cc(C(=O)NCC(O)C(F)(F)F)cc(Cl)n1. The van der Waals surface area contributed by atoms with Gasteiger partial charge in [-0.1, -0.05) is 11.6 Å². The molecule has 1 rings (SSSR count). The molecular weight excluding hydrogens is 273 g/mol. The number of aryl methyl sites for hydroxylation is 1. The largest absolute Gasteiger partial charge is 0.416 e. The molecule has 8 heteroatoms. The maximum atomic E-state index is 12.0. The molecule has 0 aliphatic rings. The van der Waals surface area contributed by atoms with Gasteiger partial charge in [-0.25, -0.2) is 4.98 Å². The van der Waals surface area contributed by atoms with E-state index in [1.165, 1.54) is 12.1 Å². The maximum absolute atomic E-state index is 12.0. The highest BCUT2D eigenvalue weighted by Gasteiger charge is 2.38.